The summed E-state index contributed by atoms with van der Waals surface area (Å²) in [6.07, 6.45) is 9.43. The van der Waals surface area contributed by atoms with Crippen LogP contribution in [0, 0.1) is 24.0 Å². The summed E-state index contributed by atoms with van der Waals surface area (Å²) in [5.74, 6) is -0.719. The number of anilines is 1. The zero-order valence-corrected chi connectivity index (χ0v) is 26.5. The smallest absolute Gasteiger partial charge is 0.318 e. The number of benzene rings is 2. The van der Waals surface area contributed by atoms with Crippen molar-refractivity contribution >= 4 is 39.5 Å². The Hall–Kier alpha value is -5.74. The van der Waals surface area contributed by atoms with E-state index in [0.717, 1.165) is 6.08 Å². The van der Waals surface area contributed by atoms with Crippen LogP contribution in [0.3, 0.4) is 0 Å². The van der Waals surface area contributed by atoms with Crippen molar-refractivity contribution in [1.29, 1.82) is 0 Å². The van der Waals surface area contributed by atoms with Crippen molar-refractivity contribution < 1.29 is 32.5 Å². The van der Waals surface area contributed by atoms with E-state index in [4.69, 9.17) is 15.9 Å². The van der Waals surface area contributed by atoms with E-state index in [1.54, 1.807) is 23.1 Å². The monoisotopic (exact) mass is 666 g/mol. The number of carbonyl (C=O) groups excluding carboxylic acids is 1. The minimum Gasteiger partial charge on any atom is -0.508 e. The Balaban J connectivity index is 1.24. The normalized spacial score (nSPS) is 17.5. The van der Waals surface area contributed by atoms with E-state index in [0.29, 0.717) is 35.4 Å². The molecule has 49 heavy (non-hydrogen) atoms. The van der Waals surface area contributed by atoms with Crippen molar-refractivity contribution in [2.45, 2.75) is 31.5 Å². The van der Waals surface area contributed by atoms with Gasteiger partial charge in [-0.2, -0.15) is 9.97 Å². The number of aromatic nitrogens is 4. The van der Waals surface area contributed by atoms with E-state index in [9.17, 15) is 14.3 Å². The van der Waals surface area contributed by atoms with Crippen molar-refractivity contribution in [3.05, 3.63) is 83.1 Å². The number of methoxy groups -OCH3 is 2. The van der Waals surface area contributed by atoms with E-state index >= 15 is 8.78 Å². The first kappa shape index (κ1) is 31.8. The maximum absolute atomic E-state index is 16.5. The van der Waals surface area contributed by atoms with Crippen molar-refractivity contribution in [3.8, 4) is 35.4 Å². The fourth-order valence-corrected chi connectivity index (χ4v) is 6.82. The molecule has 2 aromatic carbocycles. The molecule has 10 nitrogen and oxygen atoms in total. The third-order valence-corrected chi connectivity index (χ3v) is 8.89. The molecule has 5 heterocycles. The van der Waals surface area contributed by atoms with Crippen LogP contribution in [0.15, 0.2) is 54.5 Å². The zero-order valence-electron chi connectivity index (χ0n) is 26.5. The number of ether oxygens (including phenoxy) is 2. The molecule has 1 N–H and O–H groups in total. The number of aromatic hydroxyl groups is 1. The fraction of sp³-hybridized carbons (Fsp3) is 0.250. The number of nitrogens with zero attached hydrogens (tertiary/aromatic N) is 6. The Bertz CT molecular complexity index is 2210. The lowest BCUT2D eigenvalue weighted by Crippen LogP contribution is -2.56. The number of phenolic OH excluding ortho intramolecular Hbond substituents is 1. The highest BCUT2D eigenvalue weighted by Crippen LogP contribution is 2.40. The Morgan fingerprint density at radius 3 is 2.59 bits per heavy atom. The van der Waals surface area contributed by atoms with Gasteiger partial charge in [-0.25, -0.2) is 13.2 Å². The molecule has 13 heteroatoms. The molecule has 0 spiro atoms. The predicted molar refractivity (Wildman–Crippen MR) is 176 cm³/mol. The van der Waals surface area contributed by atoms with Gasteiger partial charge in [-0.1, -0.05) is 18.1 Å². The van der Waals surface area contributed by atoms with Gasteiger partial charge >= 0.3 is 6.01 Å². The molecule has 2 aliphatic heterocycles. The number of phenols is 1. The van der Waals surface area contributed by atoms with Crippen LogP contribution >= 0.6 is 0 Å². The number of pyridine rings is 2. The first-order valence-corrected chi connectivity index (χ1v) is 15.4. The van der Waals surface area contributed by atoms with Crippen molar-refractivity contribution in [2.24, 2.45) is 0 Å². The number of fused-ring (bicyclic) bond motifs is 4. The minimum absolute atomic E-state index is 0.0851. The molecule has 2 saturated heterocycles. The average molecular weight is 667 g/mol. The highest BCUT2D eigenvalue weighted by Gasteiger charge is 2.44. The molecule has 0 aliphatic carbocycles. The summed E-state index contributed by atoms with van der Waals surface area (Å²) in [5.41, 5.74) is 0.574. The van der Waals surface area contributed by atoms with Gasteiger partial charge in [-0.3, -0.25) is 14.8 Å². The lowest BCUT2D eigenvalue weighted by molar-refractivity contribution is -0.131. The van der Waals surface area contributed by atoms with Gasteiger partial charge in [0.15, 0.2) is 11.6 Å². The lowest BCUT2D eigenvalue weighted by Gasteiger charge is -2.41. The number of rotatable bonds is 7. The van der Waals surface area contributed by atoms with Crippen LogP contribution in [0.4, 0.5) is 19.0 Å². The molecule has 5 aromatic rings. The van der Waals surface area contributed by atoms with Crippen LogP contribution in [0.1, 0.15) is 29.8 Å². The Kier molecular flexibility index (Phi) is 8.25. The third-order valence-electron chi connectivity index (χ3n) is 8.89. The number of hydrogen-bond acceptors (Lipinski definition) is 9. The van der Waals surface area contributed by atoms with E-state index in [1.807, 2.05) is 4.90 Å². The second-order valence-electron chi connectivity index (χ2n) is 11.9. The Morgan fingerprint density at radius 1 is 1.10 bits per heavy atom. The molecule has 2 fully saturated rings. The fourth-order valence-electron chi connectivity index (χ4n) is 6.82. The minimum atomic E-state index is -0.923. The quantitative estimate of drug-likeness (QED) is 0.177. The summed E-state index contributed by atoms with van der Waals surface area (Å²) in [4.78, 5) is 34.4. The predicted octanol–water partition coefficient (Wildman–Crippen LogP) is 5.55. The highest BCUT2D eigenvalue weighted by atomic mass is 19.1. The Labute approximate surface area is 278 Å². The van der Waals surface area contributed by atoms with E-state index in [-0.39, 0.29) is 76.7 Å². The maximum atomic E-state index is 16.5. The summed E-state index contributed by atoms with van der Waals surface area (Å²) in [5, 5.41) is 11.3. The molecule has 2 unspecified atom stereocenters. The molecule has 0 radical (unpaired) electrons. The van der Waals surface area contributed by atoms with Crippen LogP contribution in [0.5, 0.6) is 11.8 Å². The SMILES string of the molecule is C#Cc1c(F)ccc2cc(O)cc(-c3ncc4c(N5CC6CCC(C5)N6C(=O)/C(F)=C/c5cccc(COC)n5)nc(OC)nc4c3F)c12. The summed E-state index contributed by atoms with van der Waals surface area (Å²) in [7, 11) is 2.89. The van der Waals surface area contributed by atoms with E-state index in [2.05, 4.69) is 25.9 Å². The number of hydrogen-bond donors (Lipinski definition) is 1. The van der Waals surface area contributed by atoms with Gasteiger partial charge in [0.05, 0.1) is 48.1 Å². The molecule has 248 valence electrons. The molecule has 1 amide bonds. The first-order valence-electron chi connectivity index (χ1n) is 15.4. The van der Waals surface area contributed by atoms with Gasteiger partial charge in [-0.15, -0.1) is 6.42 Å². The summed E-state index contributed by atoms with van der Waals surface area (Å²) in [6.45, 7) is 0.835. The van der Waals surface area contributed by atoms with Crippen LogP contribution in [0.2, 0.25) is 0 Å². The molecular weight excluding hydrogens is 637 g/mol. The van der Waals surface area contributed by atoms with E-state index < -0.39 is 23.4 Å². The number of amides is 1. The average Bonchev–Trinajstić information content (AvgIpc) is 3.36. The Morgan fingerprint density at radius 2 is 1.88 bits per heavy atom. The molecule has 2 atom stereocenters. The lowest BCUT2D eigenvalue weighted by atomic mass is 9.96. The largest absolute Gasteiger partial charge is 0.508 e. The van der Waals surface area contributed by atoms with Gasteiger partial charge in [0.25, 0.3) is 5.91 Å². The highest BCUT2D eigenvalue weighted by molar-refractivity contribution is 6.03. The van der Waals surface area contributed by atoms with Crippen LogP contribution in [0.25, 0.3) is 39.0 Å². The molecule has 0 saturated carbocycles. The number of terminal acetylenes is 1. The molecular formula is C36H29F3N6O4. The number of halogens is 3. The van der Waals surface area contributed by atoms with Gasteiger partial charge in [-0.05, 0) is 48.6 Å². The van der Waals surface area contributed by atoms with Crippen molar-refractivity contribution in [2.75, 3.05) is 32.2 Å². The first-order chi connectivity index (χ1) is 23.7. The number of carbonyl (C=O) groups is 1. The van der Waals surface area contributed by atoms with Crippen LogP contribution in [-0.2, 0) is 16.1 Å². The van der Waals surface area contributed by atoms with Gasteiger partial charge in [0.1, 0.15) is 28.6 Å². The van der Waals surface area contributed by atoms with Crippen LogP contribution < -0.4 is 9.64 Å². The van der Waals surface area contributed by atoms with Crippen LogP contribution in [-0.4, -0.2) is 75.2 Å². The summed E-state index contributed by atoms with van der Waals surface area (Å²) >= 11 is 0. The standard InChI is InChI=1S/C36H29F3N6O4/c1-4-25-28(37)11-8-19-12-24(46)14-26(30(19)25)32-31(39)33-27(15-40-32)34(43-36(42-33)49-3)44-16-22-9-10-23(17-44)45(22)35(47)29(38)13-20-6-5-7-21(41-20)18-48-2/h1,5-8,11-15,22-23,46H,9-10,16-18H2,2-3H3/b29-13-. The molecule has 3 aromatic heterocycles. The summed E-state index contributed by atoms with van der Waals surface area (Å²) < 4.78 is 57.0. The van der Waals surface area contributed by atoms with Crippen molar-refractivity contribution in [3.63, 3.8) is 0 Å². The van der Waals surface area contributed by atoms with Gasteiger partial charge in [0, 0.05) is 43.4 Å². The molecule has 2 aliphatic rings. The van der Waals surface area contributed by atoms with Gasteiger partial charge < -0.3 is 24.4 Å². The number of piperazine rings is 1. The topological polar surface area (TPSA) is 114 Å². The molecule has 7 rings (SSSR count). The second kappa shape index (κ2) is 12.7. The molecule has 2 bridgehead atoms. The third kappa shape index (κ3) is 5.63. The van der Waals surface area contributed by atoms with E-state index in [1.165, 1.54) is 44.7 Å². The summed E-state index contributed by atoms with van der Waals surface area (Å²) in [6, 6.07) is 9.57. The second-order valence-corrected chi connectivity index (χ2v) is 11.9. The van der Waals surface area contributed by atoms with Gasteiger partial charge in [0.2, 0.25) is 0 Å². The maximum Gasteiger partial charge on any atom is 0.318 e. The zero-order chi connectivity index (χ0) is 34.4. The van der Waals surface area contributed by atoms with Crippen molar-refractivity contribution in [1.82, 2.24) is 24.8 Å².